The molecular weight excluding hydrogens is 470 g/mol. The highest BCUT2D eigenvalue weighted by Crippen LogP contribution is 2.43. The van der Waals surface area contributed by atoms with Crippen LogP contribution in [0.5, 0.6) is 23.1 Å². The van der Waals surface area contributed by atoms with Crippen LogP contribution in [0.2, 0.25) is 0 Å². The fourth-order valence-electron chi connectivity index (χ4n) is 3.28. The lowest BCUT2D eigenvalue weighted by atomic mass is 10.2. The molecule has 3 rings (SSSR count). The second-order valence-corrected chi connectivity index (χ2v) is 9.88. The standard InChI is InChI=1S/C25H31N3O6S/c1-5-22-26-24(28(17-18(2)3)35(30,31)19-11-7-6-8-12-19)23(25(27-22)33-16-15-29)34-21-14-10-9-13-20(21)32-4/h6-14,18,29H,5,15-17H2,1-4H3. The van der Waals surface area contributed by atoms with Crippen LogP contribution in [0.1, 0.15) is 26.6 Å². The Kier molecular flexibility index (Phi) is 8.89. The van der Waals surface area contributed by atoms with Crippen molar-refractivity contribution in [2.45, 2.75) is 32.1 Å². The number of aromatic nitrogens is 2. The molecule has 0 bridgehead atoms. The molecule has 1 N–H and O–H groups in total. The van der Waals surface area contributed by atoms with E-state index in [1.807, 2.05) is 20.8 Å². The first-order chi connectivity index (χ1) is 16.8. The summed E-state index contributed by atoms with van der Waals surface area (Å²) in [6.45, 7) is 5.51. The molecule has 0 aliphatic rings. The average Bonchev–Trinajstić information content (AvgIpc) is 2.87. The first kappa shape index (κ1) is 26.2. The number of hydrogen-bond donors (Lipinski definition) is 1. The number of rotatable bonds is 12. The highest BCUT2D eigenvalue weighted by molar-refractivity contribution is 7.92. The fourth-order valence-corrected chi connectivity index (χ4v) is 4.88. The number of aliphatic hydroxyl groups excluding tert-OH is 1. The van der Waals surface area contributed by atoms with Crippen LogP contribution in [0.25, 0.3) is 0 Å². The molecule has 9 nitrogen and oxygen atoms in total. The molecule has 0 spiro atoms. The summed E-state index contributed by atoms with van der Waals surface area (Å²) in [6, 6.07) is 15.1. The van der Waals surface area contributed by atoms with E-state index in [2.05, 4.69) is 9.97 Å². The van der Waals surface area contributed by atoms with Crippen molar-refractivity contribution in [3.63, 3.8) is 0 Å². The average molecular weight is 502 g/mol. The number of nitrogens with zero attached hydrogens (tertiary/aromatic N) is 3. The molecule has 10 heteroatoms. The molecule has 0 amide bonds. The van der Waals surface area contributed by atoms with Gasteiger partial charge < -0.3 is 19.3 Å². The Labute approximate surface area is 206 Å². The van der Waals surface area contributed by atoms with Gasteiger partial charge in [-0.25, -0.2) is 17.7 Å². The Hall–Kier alpha value is -3.37. The van der Waals surface area contributed by atoms with Crippen LogP contribution in [0, 0.1) is 5.92 Å². The van der Waals surface area contributed by atoms with Gasteiger partial charge in [-0.05, 0) is 30.2 Å². The lowest BCUT2D eigenvalue weighted by molar-refractivity contribution is 0.192. The monoisotopic (exact) mass is 501 g/mol. The van der Waals surface area contributed by atoms with Gasteiger partial charge in [-0.3, -0.25) is 0 Å². The van der Waals surface area contributed by atoms with Crippen molar-refractivity contribution in [3.8, 4) is 23.1 Å². The van der Waals surface area contributed by atoms with Crippen LogP contribution < -0.4 is 18.5 Å². The van der Waals surface area contributed by atoms with Crippen molar-refractivity contribution in [2.75, 3.05) is 31.2 Å². The molecule has 0 aliphatic heterocycles. The molecule has 0 saturated heterocycles. The highest BCUT2D eigenvalue weighted by Gasteiger charge is 2.32. The van der Waals surface area contributed by atoms with Gasteiger partial charge in [0.2, 0.25) is 5.75 Å². The largest absolute Gasteiger partial charge is 0.493 e. The van der Waals surface area contributed by atoms with Gasteiger partial charge in [-0.15, -0.1) is 0 Å². The second-order valence-electron chi connectivity index (χ2n) is 8.02. The number of methoxy groups -OCH3 is 1. The Morgan fingerprint density at radius 3 is 2.26 bits per heavy atom. The van der Waals surface area contributed by atoms with Crippen molar-refractivity contribution in [1.29, 1.82) is 0 Å². The van der Waals surface area contributed by atoms with E-state index in [0.29, 0.717) is 23.7 Å². The van der Waals surface area contributed by atoms with Crippen molar-refractivity contribution < 1.29 is 27.7 Å². The molecule has 0 aliphatic carbocycles. The van der Waals surface area contributed by atoms with Gasteiger partial charge in [0.1, 0.15) is 12.4 Å². The van der Waals surface area contributed by atoms with Gasteiger partial charge in [0, 0.05) is 13.0 Å². The summed E-state index contributed by atoms with van der Waals surface area (Å²) < 4.78 is 46.2. The Morgan fingerprint density at radius 1 is 1.00 bits per heavy atom. The number of anilines is 1. The molecule has 3 aromatic rings. The molecule has 0 fully saturated rings. The van der Waals surface area contributed by atoms with Gasteiger partial charge in [0.25, 0.3) is 15.9 Å². The Bertz CT molecular complexity index is 1220. The zero-order chi connectivity index (χ0) is 25.4. The molecular formula is C25H31N3O6S. The lowest BCUT2D eigenvalue weighted by Crippen LogP contribution is -2.35. The number of hydrogen-bond acceptors (Lipinski definition) is 8. The second kappa shape index (κ2) is 11.9. The zero-order valence-electron chi connectivity index (χ0n) is 20.3. The van der Waals surface area contributed by atoms with Crippen molar-refractivity contribution in [2.24, 2.45) is 5.92 Å². The number of para-hydroxylation sites is 2. The van der Waals surface area contributed by atoms with E-state index < -0.39 is 10.0 Å². The number of ether oxygens (including phenoxy) is 3. The normalized spacial score (nSPS) is 11.4. The summed E-state index contributed by atoms with van der Waals surface area (Å²) in [6.07, 6.45) is 0.429. The van der Waals surface area contributed by atoms with E-state index in [4.69, 9.17) is 14.2 Å². The third kappa shape index (κ3) is 6.20. The van der Waals surface area contributed by atoms with Crippen LogP contribution in [-0.4, -0.2) is 50.4 Å². The summed E-state index contributed by atoms with van der Waals surface area (Å²) in [5, 5.41) is 9.36. The van der Waals surface area contributed by atoms with Crippen LogP contribution >= 0.6 is 0 Å². The maximum atomic E-state index is 13.8. The molecule has 1 heterocycles. The summed E-state index contributed by atoms with van der Waals surface area (Å²) in [5.74, 6) is 1.20. The maximum absolute atomic E-state index is 13.8. The van der Waals surface area contributed by atoms with Gasteiger partial charge in [-0.1, -0.05) is 51.1 Å². The van der Waals surface area contributed by atoms with Crippen molar-refractivity contribution >= 4 is 15.8 Å². The van der Waals surface area contributed by atoms with Gasteiger partial charge >= 0.3 is 0 Å². The number of aliphatic hydroxyl groups is 1. The van der Waals surface area contributed by atoms with E-state index in [1.165, 1.54) is 23.5 Å². The highest BCUT2D eigenvalue weighted by atomic mass is 32.2. The molecule has 1 aromatic heterocycles. The van der Waals surface area contributed by atoms with Crippen LogP contribution in [-0.2, 0) is 16.4 Å². The lowest BCUT2D eigenvalue weighted by Gasteiger charge is -2.28. The van der Waals surface area contributed by atoms with Crippen molar-refractivity contribution in [3.05, 3.63) is 60.4 Å². The smallest absolute Gasteiger partial charge is 0.265 e. The molecule has 0 saturated carbocycles. The molecule has 0 atom stereocenters. The van der Waals surface area contributed by atoms with E-state index in [9.17, 15) is 13.5 Å². The zero-order valence-corrected chi connectivity index (χ0v) is 21.2. The van der Waals surface area contributed by atoms with Gasteiger partial charge in [0.05, 0.1) is 18.6 Å². The minimum Gasteiger partial charge on any atom is -0.493 e. The summed E-state index contributed by atoms with van der Waals surface area (Å²) in [5.41, 5.74) is 0. The van der Waals surface area contributed by atoms with E-state index in [-0.39, 0.29) is 48.0 Å². The van der Waals surface area contributed by atoms with E-state index in [0.717, 1.165) is 0 Å². The molecule has 0 radical (unpaired) electrons. The van der Waals surface area contributed by atoms with E-state index >= 15 is 0 Å². The first-order valence-electron chi connectivity index (χ1n) is 11.3. The minimum atomic E-state index is -4.02. The van der Waals surface area contributed by atoms with Crippen LogP contribution in [0.15, 0.2) is 59.5 Å². The van der Waals surface area contributed by atoms with E-state index in [1.54, 1.807) is 42.5 Å². The molecule has 0 unspecified atom stereocenters. The Morgan fingerprint density at radius 2 is 1.66 bits per heavy atom. The predicted octanol–water partition coefficient (Wildman–Crippen LogP) is 4.06. The minimum absolute atomic E-state index is 0.0142. The number of benzene rings is 2. The molecule has 188 valence electrons. The quantitative estimate of drug-likeness (QED) is 0.396. The summed E-state index contributed by atoms with van der Waals surface area (Å²) in [4.78, 5) is 9.13. The molecule has 2 aromatic carbocycles. The predicted molar refractivity (Wildman–Crippen MR) is 133 cm³/mol. The first-order valence-corrected chi connectivity index (χ1v) is 12.8. The molecule has 35 heavy (non-hydrogen) atoms. The van der Waals surface area contributed by atoms with Gasteiger partial charge in [0.15, 0.2) is 17.3 Å². The van der Waals surface area contributed by atoms with Crippen LogP contribution in [0.4, 0.5) is 5.82 Å². The summed E-state index contributed by atoms with van der Waals surface area (Å²) in [7, 11) is -2.51. The topological polar surface area (TPSA) is 111 Å². The fraction of sp³-hybridized carbons (Fsp3) is 0.360. The summed E-state index contributed by atoms with van der Waals surface area (Å²) >= 11 is 0. The Balaban J connectivity index is 2.28. The van der Waals surface area contributed by atoms with Crippen LogP contribution in [0.3, 0.4) is 0 Å². The van der Waals surface area contributed by atoms with Crippen molar-refractivity contribution in [1.82, 2.24) is 9.97 Å². The maximum Gasteiger partial charge on any atom is 0.265 e. The third-order valence-electron chi connectivity index (χ3n) is 4.89. The van der Waals surface area contributed by atoms with Gasteiger partial charge in [-0.2, -0.15) is 4.98 Å². The number of sulfonamides is 1. The SMILES string of the molecule is CCc1nc(OCCO)c(Oc2ccccc2OC)c(N(CC(C)C)S(=O)(=O)c2ccccc2)n1. The third-order valence-corrected chi connectivity index (χ3v) is 6.66. The number of aryl methyl sites for hydroxylation is 1.